The first kappa shape index (κ1) is 31.3. The SMILES string of the molecule is COC(=O)C1=CC[C@@]23CC[C@@H]([C@@](C)(/C=C/C=C(\C)C(=O)[N-]CCN(C)C)OC2=O)[C@@]3(OC(C)=O)CC1.[Na+]. The van der Waals surface area contributed by atoms with E-state index >= 15 is 0 Å². The third-order valence-corrected chi connectivity index (χ3v) is 7.78. The fraction of sp³-hybridized carbons (Fsp3) is 0.630. The smallest absolute Gasteiger partial charge is 0.648 e. The van der Waals surface area contributed by atoms with E-state index in [1.165, 1.54) is 14.0 Å². The Morgan fingerprint density at radius 1 is 1.24 bits per heavy atom. The molecule has 2 aliphatic carbocycles. The molecule has 10 heteroatoms. The molecule has 0 spiro atoms. The van der Waals surface area contributed by atoms with Crippen LogP contribution in [0.15, 0.2) is 35.5 Å². The summed E-state index contributed by atoms with van der Waals surface area (Å²) in [4.78, 5) is 52.4. The van der Waals surface area contributed by atoms with E-state index in [-0.39, 0.29) is 47.8 Å². The minimum atomic E-state index is -1.12. The third kappa shape index (κ3) is 6.05. The van der Waals surface area contributed by atoms with E-state index < -0.39 is 34.5 Å². The second-order valence-corrected chi connectivity index (χ2v) is 10.4. The number of ether oxygens (including phenoxy) is 3. The fourth-order valence-electron chi connectivity index (χ4n) is 5.93. The van der Waals surface area contributed by atoms with Crippen LogP contribution in [0.3, 0.4) is 0 Å². The topological polar surface area (TPSA) is 113 Å². The molecular weight excluding hydrogens is 487 g/mol. The first-order valence-electron chi connectivity index (χ1n) is 12.3. The summed E-state index contributed by atoms with van der Waals surface area (Å²) in [5.74, 6) is -1.98. The Labute approximate surface area is 241 Å². The number of hydrogen-bond donors (Lipinski definition) is 0. The molecule has 1 aliphatic heterocycles. The summed E-state index contributed by atoms with van der Waals surface area (Å²) in [5.41, 5.74) is -2.30. The van der Waals surface area contributed by atoms with Crippen molar-refractivity contribution in [3.8, 4) is 0 Å². The molecule has 0 aromatic carbocycles. The van der Waals surface area contributed by atoms with Crippen LogP contribution in [0.2, 0.25) is 0 Å². The molecule has 4 atom stereocenters. The number of likely N-dealkylation sites (N-methyl/N-ethyl adjacent to an activating group) is 1. The van der Waals surface area contributed by atoms with Gasteiger partial charge in [-0.25, -0.2) is 4.79 Å². The van der Waals surface area contributed by atoms with E-state index in [1.807, 2.05) is 19.0 Å². The zero-order valence-corrected chi connectivity index (χ0v) is 25.1. The van der Waals surface area contributed by atoms with Crippen molar-refractivity contribution in [2.45, 2.75) is 64.1 Å². The zero-order valence-electron chi connectivity index (χ0n) is 23.1. The normalized spacial score (nSPS) is 31.0. The molecule has 9 nitrogen and oxygen atoms in total. The molecule has 3 aliphatic rings. The maximum Gasteiger partial charge on any atom is 1.00 e. The molecule has 1 heterocycles. The van der Waals surface area contributed by atoms with E-state index in [9.17, 15) is 19.2 Å². The summed E-state index contributed by atoms with van der Waals surface area (Å²) in [6.07, 6.45) is 8.81. The standard InChI is InChI=1S/C27H38N2O7.Na/c1-18(22(31)28-16-17-29(4)5)8-7-12-25(3)21-11-14-26(24(33)36-25)13-9-20(23(32)34-6)10-15-27(21,26)35-19(2)30;/h7-9,12,21H,10-11,13-17H2,1-6H3,(H,28,31);/q;+1/p-1/b12-7+,18-8+;/t21-,25+,26+,27-;/m0./s1. The number of allylic oxidation sites excluding steroid dienone is 3. The molecule has 1 saturated heterocycles. The molecule has 2 fully saturated rings. The monoisotopic (exact) mass is 524 g/mol. The Balaban J connectivity index is 0.00000481. The van der Waals surface area contributed by atoms with Crippen molar-refractivity contribution in [3.05, 3.63) is 40.8 Å². The molecule has 0 unspecified atom stereocenters. The second-order valence-electron chi connectivity index (χ2n) is 10.4. The Hall–Kier alpha value is -1.94. The second kappa shape index (κ2) is 12.3. The molecular formula is C27H37N2NaO7. The molecule has 3 rings (SSSR count). The molecule has 2 bridgehead atoms. The molecule has 0 radical (unpaired) electrons. The number of cyclic esters (lactones) is 1. The van der Waals surface area contributed by atoms with Crippen molar-refractivity contribution in [1.29, 1.82) is 0 Å². The molecule has 1 amide bonds. The number of rotatable bonds is 8. The van der Waals surface area contributed by atoms with E-state index in [0.717, 1.165) is 0 Å². The molecule has 37 heavy (non-hydrogen) atoms. The third-order valence-electron chi connectivity index (χ3n) is 7.78. The first-order valence-corrected chi connectivity index (χ1v) is 12.3. The van der Waals surface area contributed by atoms with Crippen LogP contribution in [0.25, 0.3) is 5.32 Å². The summed E-state index contributed by atoms with van der Waals surface area (Å²) in [6, 6.07) is 0. The maximum atomic E-state index is 13.6. The Morgan fingerprint density at radius 2 is 1.95 bits per heavy atom. The van der Waals surface area contributed by atoms with Gasteiger partial charge in [0.15, 0.2) is 0 Å². The summed E-state index contributed by atoms with van der Waals surface area (Å²) in [6.45, 7) is 5.92. The minimum absolute atomic E-state index is 0. The van der Waals surface area contributed by atoms with Gasteiger partial charge >= 0.3 is 47.5 Å². The van der Waals surface area contributed by atoms with Gasteiger partial charge in [0, 0.05) is 18.4 Å². The van der Waals surface area contributed by atoms with Crippen LogP contribution in [-0.4, -0.2) is 74.2 Å². The first-order chi connectivity index (χ1) is 16.9. The number of carbonyl (C=O) groups excluding carboxylic acids is 4. The van der Waals surface area contributed by atoms with Crippen molar-refractivity contribution < 1.29 is 62.9 Å². The molecule has 1 saturated carbocycles. The van der Waals surface area contributed by atoms with Gasteiger partial charge in [0.05, 0.1) is 13.0 Å². The van der Waals surface area contributed by atoms with Gasteiger partial charge in [-0.3, -0.25) is 9.59 Å². The van der Waals surface area contributed by atoms with Crippen molar-refractivity contribution >= 4 is 23.8 Å². The van der Waals surface area contributed by atoms with Gasteiger partial charge in [0.1, 0.15) is 16.6 Å². The summed E-state index contributed by atoms with van der Waals surface area (Å²) < 4.78 is 17.0. The average Bonchev–Trinajstić information content (AvgIpc) is 2.95. The van der Waals surface area contributed by atoms with Crippen molar-refractivity contribution in [2.75, 3.05) is 34.3 Å². The van der Waals surface area contributed by atoms with Gasteiger partial charge in [-0.05, 0) is 78.2 Å². The van der Waals surface area contributed by atoms with Gasteiger partial charge in [-0.15, -0.1) is 6.54 Å². The number of methoxy groups -OCH3 is 1. The minimum Gasteiger partial charge on any atom is -0.648 e. The number of amides is 1. The Morgan fingerprint density at radius 3 is 2.57 bits per heavy atom. The van der Waals surface area contributed by atoms with Crippen LogP contribution in [0.1, 0.15) is 52.9 Å². The Kier molecular flexibility index (Phi) is 10.4. The van der Waals surface area contributed by atoms with Gasteiger partial charge in [-0.2, -0.15) is 0 Å². The van der Waals surface area contributed by atoms with Crippen LogP contribution in [0, 0.1) is 11.3 Å². The van der Waals surface area contributed by atoms with Gasteiger partial charge in [0.25, 0.3) is 0 Å². The van der Waals surface area contributed by atoms with E-state index in [4.69, 9.17) is 14.2 Å². The van der Waals surface area contributed by atoms with Crippen LogP contribution in [0.5, 0.6) is 0 Å². The molecule has 0 aromatic heterocycles. The van der Waals surface area contributed by atoms with E-state index in [2.05, 4.69) is 5.32 Å². The average molecular weight is 525 g/mol. The van der Waals surface area contributed by atoms with Crippen LogP contribution < -0.4 is 29.6 Å². The van der Waals surface area contributed by atoms with Crippen LogP contribution in [-0.2, 0) is 33.4 Å². The van der Waals surface area contributed by atoms with E-state index in [1.54, 1.807) is 38.2 Å². The quantitative estimate of drug-likeness (QED) is 0.146. The van der Waals surface area contributed by atoms with Gasteiger partial charge in [0.2, 0.25) is 0 Å². The fourth-order valence-corrected chi connectivity index (χ4v) is 5.93. The predicted molar refractivity (Wildman–Crippen MR) is 133 cm³/mol. The number of carbonyl (C=O) groups is 4. The van der Waals surface area contributed by atoms with Crippen molar-refractivity contribution in [2.24, 2.45) is 11.3 Å². The predicted octanol–water partition coefficient (Wildman–Crippen LogP) is 0.252. The van der Waals surface area contributed by atoms with Crippen molar-refractivity contribution in [1.82, 2.24) is 4.90 Å². The number of hydrogen-bond acceptors (Lipinski definition) is 8. The summed E-state index contributed by atoms with van der Waals surface area (Å²) in [5, 5.41) is 4.06. The molecule has 198 valence electrons. The van der Waals surface area contributed by atoms with Gasteiger partial charge < -0.3 is 29.2 Å². The van der Waals surface area contributed by atoms with E-state index in [0.29, 0.717) is 49.9 Å². The maximum absolute atomic E-state index is 13.6. The number of esters is 3. The zero-order chi connectivity index (χ0) is 26.7. The number of nitrogens with zero attached hydrogens (tertiary/aromatic N) is 2. The van der Waals surface area contributed by atoms with Crippen LogP contribution >= 0.6 is 0 Å². The summed E-state index contributed by atoms with van der Waals surface area (Å²) in [7, 11) is 5.15. The van der Waals surface area contributed by atoms with Crippen LogP contribution in [0.4, 0.5) is 0 Å². The summed E-state index contributed by atoms with van der Waals surface area (Å²) >= 11 is 0. The van der Waals surface area contributed by atoms with Gasteiger partial charge in [-0.1, -0.05) is 18.2 Å². The van der Waals surface area contributed by atoms with Crippen molar-refractivity contribution in [3.63, 3.8) is 0 Å². The molecule has 0 aromatic rings. The Bertz CT molecular complexity index is 1020. The molecule has 0 N–H and O–H groups in total. The largest absolute Gasteiger partial charge is 1.00 e.